The lowest BCUT2D eigenvalue weighted by molar-refractivity contribution is -0.140. The molecule has 0 bridgehead atoms. The number of hydrogen-bond acceptors (Lipinski definition) is 5. The van der Waals surface area contributed by atoms with Crippen LogP contribution in [-0.4, -0.2) is 28.7 Å². The maximum Gasteiger partial charge on any atom is 0.231 e. The average molecular weight is 335 g/mol. The molecule has 0 aromatic carbocycles. The summed E-state index contributed by atoms with van der Waals surface area (Å²) in [6.45, 7) is 1.95. The van der Waals surface area contributed by atoms with Gasteiger partial charge in [0.25, 0.3) is 0 Å². The van der Waals surface area contributed by atoms with Crippen molar-refractivity contribution in [1.29, 1.82) is 0 Å². The van der Waals surface area contributed by atoms with Crippen molar-refractivity contribution in [3.05, 3.63) is 33.5 Å². The third kappa shape index (κ3) is 2.91. The summed E-state index contributed by atoms with van der Waals surface area (Å²) in [7, 11) is 1.78. The number of rotatable bonds is 3. The lowest BCUT2D eigenvalue weighted by Crippen LogP contribution is -2.44. The number of nitrogens with one attached hydrogen (secondary N) is 1. The number of aryl methyl sites for hydroxylation is 1. The van der Waals surface area contributed by atoms with Gasteiger partial charge in [-0.3, -0.25) is 9.59 Å². The van der Waals surface area contributed by atoms with Gasteiger partial charge in [0.1, 0.15) is 0 Å². The first-order valence-electron chi connectivity index (χ1n) is 7.08. The fourth-order valence-electron chi connectivity index (χ4n) is 2.77. The van der Waals surface area contributed by atoms with E-state index in [0.717, 1.165) is 9.75 Å². The SMILES string of the molecule is Cc1cnc(NC(=O)[C@@H]2CCC(=O)N(C)[C@@H]2c2cccs2)s1. The summed E-state index contributed by atoms with van der Waals surface area (Å²) in [6.07, 6.45) is 2.73. The van der Waals surface area contributed by atoms with Gasteiger partial charge in [-0.05, 0) is 24.8 Å². The van der Waals surface area contributed by atoms with E-state index >= 15 is 0 Å². The molecular weight excluding hydrogens is 318 g/mol. The van der Waals surface area contributed by atoms with E-state index in [-0.39, 0.29) is 23.8 Å². The summed E-state index contributed by atoms with van der Waals surface area (Å²) in [5, 5.41) is 5.49. The van der Waals surface area contributed by atoms with Gasteiger partial charge in [0, 0.05) is 29.4 Å². The number of carbonyl (C=O) groups is 2. The first kappa shape index (κ1) is 15.2. The van der Waals surface area contributed by atoms with Crippen LogP contribution in [0.2, 0.25) is 0 Å². The van der Waals surface area contributed by atoms with Crippen LogP contribution in [0.3, 0.4) is 0 Å². The molecule has 1 N–H and O–H groups in total. The first-order chi connectivity index (χ1) is 10.6. The summed E-state index contributed by atoms with van der Waals surface area (Å²) in [5.74, 6) is -0.217. The fourth-order valence-corrected chi connectivity index (χ4v) is 4.37. The second-order valence-electron chi connectivity index (χ2n) is 5.38. The maximum absolute atomic E-state index is 12.7. The molecule has 3 rings (SSSR count). The Morgan fingerprint density at radius 3 is 2.95 bits per heavy atom. The van der Waals surface area contributed by atoms with E-state index in [1.165, 1.54) is 11.3 Å². The van der Waals surface area contributed by atoms with Crippen molar-refractivity contribution in [3.63, 3.8) is 0 Å². The fraction of sp³-hybridized carbons (Fsp3) is 0.400. The summed E-state index contributed by atoms with van der Waals surface area (Å²) >= 11 is 3.04. The van der Waals surface area contributed by atoms with Gasteiger partial charge >= 0.3 is 0 Å². The zero-order valence-corrected chi connectivity index (χ0v) is 14.0. The Morgan fingerprint density at radius 2 is 2.32 bits per heavy atom. The predicted octanol–water partition coefficient (Wildman–Crippen LogP) is 3.06. The Balaban J connectivity index is 1.83. The van der Waals surface area contributed by atoms with Crippen molar-refractivity contribution in [2.24, 2.45) is 5.92 Å². The first-order valence-corrected chi connectivity index (χ1v) is 8.78. The van der Waals surface area contributed by atoms with Crippen LogP contribution in [0.1, 0.15) is 28.6 Å². The van der Waals surface area contributed by atoms with Crippen LogP contribution in [0.25, 0.3) is 0 Å². The van der Waals surface area contributed by atoms with Crippen molar-refractivity contribution in [2.75, 3.05) is 12.4 Å². The van der Waals surface area contributed by atoms with E-state index in [1.807, 2.05) is 24.4 Å². The predicted molar refractivity (Wildman–Crippen MR) is 88.0 cm³/mol. The van der Waals surface area contributed by atoms with E-state index in [4.69, 9.17) is 0 Å². The minimum Gasteiger partial charge on any atom is -0.337 e. The highest BCUT2D eigenvalue weighted by molar-refractivity contribution is 7.15. The topological polar surface area (TPSA) is 62.3 Å². The molecule has 0 aliphatic carbocycles. The average Bonchev–Trinajstić information content (AvgIpc) is 3.13. The number of thiazole rings is 1. The smallest absolute Gasteiger partial charge is 0.231 e. The number of piperidine rings is 1. The Labute approximate surface area is 137 Å². The number of hydrogen-bond donors (Lipinski definition) is 1. The van der Waals surface area contributed by atoms with Crippen molar-refractivity contribution in [3.8, 4) is 0 Å². The second-order valence-corrected chi connectivity index (χ2v) is 7.59. The minimum atomic E-state index is -0.245. The lowest BCUT2D eigenvalue weighted by Gasteiger charge is -2.37. The van der Waals surface area contributed by atoms with Crippen molar-refractivity contribution >= 4 is 39.6 Å². The van der Waals surface area contributed by atoms with Crippen LogP contribution in [0.4, 0.5) is 5.13 Å². The Morgan fingerprint density at radius 1 is 1.50 bits per heavy atom. The van der Waals surface area contributed by atoms with Crippen molar-refractivity contribution < 1.29 is 9.59 Å². The number of amides is 2. The minimum absolute atomic E-state index is 0.0629. The van der Waals surface area contributed by atoms with Gasteiger partial charge in [-0.15, -0.1) is 22.7 Å². The number of anilines is 1. The van der Waals surface area contributed by atoms with Crippen molar-refractivity contribution in [2.45, 2.75) is 25.8 Å². The second kappa shape index (κ2) is 6.18. The van der Waals surface area contributed by atoms with Crippen LogP contribution in [-0.2, 0) is 9.59 Å². The lowest BCUT2D eigenvalue weighted by atomic mass is 9.87. The molecule has 0 saturated carbocycles. The summed E-state index contributed by atoms with van der Waals surface area (Å²) in [4.78, 5) is 32.7. The Bertz CT molecular complexity index is 681. The van der Waals surface area contributed by atoms with Gasteiger partial charge in [0.2, 0.25) is 11.8 Å². The van der Waals surface area contributed by atoms with Crippen LogP contribution in [0, 0.1) is 12.8 Å². The van der Waals surface area contributed by atoms with Gasteiger partial charge in [-0.2, -0.15) is 0 Å². The van der Waals surface area contributed by atoms with E-state index in [2.05, 4.69) is 10.3 Å². The normalized spacial score (nSPS) is 21.9. The zero-order chi connectivity index (χ0) is 15.7. The molecule has 2 aromatic rings. The molecule has 2 atom stereocenters. The molecule has 0 unspecified atom stereocenters. The van der Waals surface area contributed by atoms with Gasteiger partial charge in [0.15, 0.2) is 5.13 Å². The van der Waals surface area contributed by atoms with Crippen LogP contribution in [0.15, 0.2) is 23.7 Å². The summed E-state index contributed by atoms with van der Waals surface area (Å²) in [6, 6.07) is 3.74. The van der Waals surface area contributed by atoms with Gasteiger partial charge in [-0.1, -0.05) is 6.07 Å². The molecule has 0 spiro atoms. The molecule has 5 nitrogen and oxygen atoms in total. The quantitative estimate of drug-likeness (QED) is 0.938. The molecule has 0 radical (unpaired) electrons. The molecule has 116 valence electrons. The molecule has 3 heterocycles. The molecule has 2 amide bonds. The van der Waals surface area contributed by atoms with Crippen LogP contribution >= 0.6 is 22.7 Å². The number of likely N-dealkylation sites (tertiary alicyclic amines) is 1. The van der Waals surface area contributed by atoms with Gasteiger partial charge in [-0.25, -0.2) is 4.98 Å². The highest BCUT2D eigenvalue weighted by atomic mass is 32.1. The molecule has 1 aliphatic heterocycles. The molecule has 1 saturated heterocycles. The molecular formula is C15H17N3O2S2. The van der Waals surface area contributed by atoms with Crippen LogP contribution < -0.4 is 5.32 Å². The monoisotopic (exact) mass is 335 g/mol. The van der Waals surface area contributed by atoms with E-state index < -0.39 is 0 Å². The third-order valence-electron chi connectivity index (χ3n) is 3.88. The Kier molecular flexibility index (Phi) is 4.26. The summed E-state index contributed by atoms with van der Waals surface area (Å²) < 4.78 is 0. The summed E-state index contributed by atoms with van der Waals surface area (Å²) in [5.41, 5.74) is 0. The zero-order valence-electron chi connectivity index (χ0n) is 12.4. The largest absolute Gasteiger partial charge is 0.337 e. The Hall–Kier alpha value is -1.73. The maximum atomic E-state index is 12.7. The molecule has 22 heavy (non-hydrogen) atoms. The van der Waals surface area contributed by atoms with Gasteiger partial charge < -0.3 is 10.2 Å². The van der Waals surface area contributed by atoms with E-state index in [1.54, 1.807) is 29.5 Å². The number of aromatic nitrogens is 1. The molecule has 1 fully saturated rings. The van der Waals surface area contributed by atoms with E-state index in [9.17, 15) is 9.59 Å². The standard InChI is InChI=1S/C15H17N3O2S2/c1-9-8-16-15(22-9)17-14(20)10-5-6-12(19)18(2)13(10)11-4-3-7-21-11/h3-4,7-8,10,13H,5-6H2,1-2H3,(H,16,17,20)/t10-,13+/m1/s1. The molecule has 2 aromatic heterocycles. The van der Waals surface area contributed by atoms with Crippen molar-refractivity contribution in [1.82, 2.24) is 9.88 Å². The number of nitrogens with zero attached hydrogens (tertiary/aromatic N) is 2. The number of thiophene rings is 1. The van der Waals surface area contributed by atoms with Crippen LogP contribution in [0.5, 0.6) is 0 Å². The molecule has 7 heteroatoms. The molecule has 1 aliphatic rings. The van der Waals surface area contributed by atoms with E-state index in [0.29, 0.717) is 18.0 Å². The highest BCUT2D eigenvalue weighted by Crippen LogP contribution is 2.38. The number of carbonyl (C=O) groups excluding carboxylic acids is 2. The highest BCUT2D eigenvalue weighted by Gasteiger charge is 2.39. The van der Waals surface area contributed by atoms with Gasteiger partial charge in [0.05, 0.1) is 12.0 Å². The third-order valence-corrected chi connectivity index (χ3v) is 5.66.